The highest BCUT2D eigenvalue weighted by molar-refractivity contribution is 6.20. The Morgan fingerprint density at radius 3 is 1.62 bits per heavy atom. The molecule has 0 saturated heterocycles. The van der Waals surface area contributed by atoms with Crippen LogP contribution in [0.5, 0.6) is 0 Å². The lowest BCUT2D eigenvalue weighted by atomic mass is 9.93. The van der Waals surface area contributed by atoms with Gasteiger partial charge < -0.3 is 13.7 Å². The molecule has 0 amide bonds. The average Bonchev–Trinajstić information content (AvgIpc) is 3.84. The molecule has 10 rings (SSSR count). The van der Waals surface area contributed by atoms with Crippen LogP contribution in [-0.2, 0) is 0 Å². The first-order valence-electron chi connectivity index (χ1n) is 17.8. The Kier molecular flexibility index (Phi) is 7.43. The molecule has 53 heavy (non-hydrogen) atoms. The molecule has 2 aromatic heterocycles. The quantitative estimate of drug-likeness (QED) is 0.168. The zero-order chi connectivity index (χ0) is 35.1. The van der Waals surface area contributed by atoms with Gasteiger partial charge in [0.05, 0.1) is 5.39 Å². The van der Waals surface area contributed by atoms with Crippen molar-refractivity contribution in [3.8, 4) is 44.8 Å². The van der Waals surface area contributed by atoms with Gasteiger partial charge in [0.1, 0.15) is 22.4 Å². The number of benzene rings is 8. The van der Waals surface area contributed by atoms with E-state index in [0.717, 1.165) is 83.5 Å². The highest BCUT2D eigenvalue weighted by atomic mass is 16.4. The summed E-state index contributed by atoms with van der Waals surface area (Å²) < 4.78 is 13.4. The van der Waals surface area contributed by atoms with Crippen molar-refractivity contribution < 1.29 is 8.83 Å². The van der Waals surface area contributed by atoms with E-state index in [0.29, 0.717) is 11.5 Å². The highest BCUT2D eigenvalue weighted by Gasteiger charge is 2.27. The first-order chi connectivity index (χ1) is 26.3. The third-order valence-electron chi connectivity index (χ3n) is 9.90. The molecule has 0 bridgehead atoms. The summed E-state index contributed by atoms with van der Waals surface area (Å²) in [7, 11) is 0. The van der Waals surface area contributed by atoms with E-state index in [1.807, 2.05) is 54.6 Å². The third kappa shape index (κ3) is 5.45. The standard InChI is InChI=1S/C49H32N2O2/c1-5-15-33(16-6-1)34-25-27-38(28-26-34)51(39-29-30-40(35-17-7-2-8-18-35)42(31-39)36-19-9-3-10-20-36)47-46-41-23-13-14-24-44(41)52-45(46)32-43-48(47)53-49(50-43)37-21-11-4-12-22-37/h1-32H. The summed E-state index contributed by atoms with van der Waals surface area (Å²) in [5.74, 6) is 0.558. The molecule has 2 heterocycles. The van der Waals surface area contributed by atoms with Gasteiger partial charge in [0, 0.05) is 28.4 Å². The van der Waals surface area contributed by atoms with Crippen molar-refractivity contribution in [3.63, 3.8) is 0 Å². The van der Waals surface area contributed by atoms with E-state index in [1.165, 1.54) is 0 Å². The number of hydrogen-bond acceptors (Lipinski definition) is 4. The van der Waals surface area contributed by atoms with E-state index in [-0.39, 0.29) is 0 Å². The van der Waals surface area contributed by atoms with E-state index in [1.54, 1.807) is 0 Å². The van der Waals surface area contributed by atoms with E-state index >= 15 is 0 Å². The summed E-state index contributed by atoms with van der Waals surface area (Å²) in [4.78, 5) is 7.36. The normalized spacial score (nSPS) is 11.4. The molecule has 0 unspecified atom stereocenters. The Hall–Kier alpha value is -7.17. The maximum Gasteiger partial charge on any atom is 0.227 e. The Morgan fingerprint density at radius 2 is 0.943 bits per heavy atom. The van der Waals surface area contributed by atoms with Gasteiger partial charge in [-0.25, -0.2) is 4.98 Å². The number of para-hydroxylation sites is 1. The summed E-state index contributed by atoms with van der Waals surface area (Å²) in [5.41, 5.74) is 13.6. The van der Waals surface area contributed by atoms with Crippen LogP contribution in [0.4, 0.5) is 17.1 Å². The monoisotopic (exact) mass is 680 g/mol. The number of rotatable bonds is 7. The molecule has 0 fully saturated rings. The first-order valence-corrected chi connectivity index (χ1v) is 17.8. The first kappa shape index (κ1) is 30.6. The SMILES string of the molecule is c1ccc(-c2ccc(N(c3ccc(-c4ccccc4)c(-c4ccccc4)c3)c3c4oc(-c5ccccc5)nc4cc4oc5ccccc5c34)cc2)cc1. The van der Waals surface area contributed by atoms with Crippen molar-refractivity contribution >= 4 is 50.1 Å². The fourth-order valence-corrected chi connectivity index (χ4v) is 7.40. The highest BCUT2D eigenvalue weighted by Crippen LogP contribution is 2.49. The molecule has 4 nitrogen and oxygen atoms in total. The van der Waals surface area contributed by atoms with Gasteiger partial charge in [-0.05, 0) is 75.8 Å². The lowest BCUT2D eigenvalue weighted by molar-refractivity contribution is 0.620. The molecule has 4 heteroatoms. The predicted octanol–water partition coefficient (Wildman–Crippen LogP) is 13.9. The van der Waals surface area contributed by atoms with Crippen LogP contribution < -0.4 is 4.90 Å². The van der Waals surface area contributed by atoms with Gasteiger partial charge in [0.25, 0.3) is 0 Å². The van der Waals surface area contributed by atoms with E-state index in [2.05, 4.69) is 144 Å². The average molecular weight is 681 g/mol. The molecular weight excluding hydrogens is 649 g/mol. The fraction of sp³-hybridized carbons (Fsp3) is 0. The van der Waals surface area contributed by atoms with Crippen LogP contribution in [0, 0.1) is 0 Å². The molecule has 0 N–H and O–H groups in total. The van der Waals surface area contributed by atoms with Crippen LogP contribution in [0.3, 0.4) is 0 Å². The maximum atomic E-state index is 6.84. The summed E-state index contributed by atoms with van der Waals surface area (Å²) in [6.45, 7) is 0. The zero-order valence-electron chi connectivity index (χ0n) is 28.7. The molecule has 0 spiro atoms. The van der Waals surface area contributed by atoms with Crippen molar-refractivity contribution in [1.29, 1.82) is 0 Å². The molecule has 8 aromatic carbocycles. The van der Waals surface area contributed by atoms with E-state index in [9.17, 15) is 0 Å². The molecule has 250 valence electrons. The van der Waals surface area contributed by atoms with Crippen molar-refractivity contribution in [3.05, 3.63) is 194 Å². The minimum atomic E-state index is 0.558. The predicted molar refractivity (Wildman–Crippen MR) is 218 cm³/mol. The number of oxazole rings is 1. The minimum absolute atomic E-state index is 0.558. The smallest absolute Gasteiger partial charge is 0.227 e. The molecule has 0 radical (unpaired) electrons. The molecule has 10 aromatic rings. The fourth-order valence-electron chi connectivity index (χ4n) is 7.40. The number of hydrogen-bond donors (Lipinski definition) is 0. The summed E-state index contributed by atoms with van der Waals surface area (Å²) in [6.07, 6.45) is 0. The van der Waals surface area contributed by atoms with E-state index < -0.39 is 0 Å². The second kappa shape index (κ2) is 12.9. The van der Waals surface area contributed by atoms with E-state index in [4.69, 9.17) is 13.8 Å². The Morgan fingerprint density at radius 1 is 0.396 bits per heavy atom. The number of nitrogens with zero attached hydrogens (tertiary/aromatic N) is 2. The van der Waals surface area contributed by atoms with Crippen LogP contribution >= 0.6 is 0 Å². The number of aromatic nitrogens is 1. The molecule has 0 saturated carbocycles. The van der Waals surface area contributed by atoms with Crippen molar-refractivity contribution in [2.75, 3.05) is 4.90 Å². The molecule has 0 atom stereocenters. The molecule has 0 aliphatic rings. The third-order valence-corrected chi connectivity index (χ3v) is 9.90. The number of fused-ring (bicyclic) bond motifs is 4. The van der Waals surface area contributed by atoms with Gasteiger partial charge in [0.2, 0.25) is 5.89 Å². The lowest BCUT2D eigenvalue weighted by Gasteiger charge is -2.27. The van der Waals surface area contributed by atoms with Crippen molar-refractivity contribution in [2.45, 2.75) is 0 Å². The van der Waals surface area contributed by atoms with Gasteiger partial charge >= 0.3 is 0 Å². The zero-order valence-corrected chi connectivity index (χ0v) is 28.7. The van der Waals surface area contributed by atoms with Crippen LogP contribution in [0.2, 0.25) is 0 Å². The van der Waals surface area contributed by atoms with Gasteiger partial charge in [-0.1, -0.05) is 146 Å². The van der Waals surface area contributed by atoms with Crippen molar-refractivity contribution in [1.82, 2.24) is 4.98 Å². The van der Waals surface area contributed by atoms with Crippen LogP contribution in [0.15, 0.2) is 203 Å². The topological polar surface area (TPSA) is 42.4 Å². The molecular formula is C49H32N2O2. The van der Waals surface area contributed by atoms with Gasteiger partial charge in [0.15, 0.2) is 5.58 Å². The second-order valence-electron chi connectivity index (χ2n) is 13.1. The molecule has 0 aliphatic carbocycles. The Bertz CT molecular complexity index is 2860. The van der Waals surface area contributed by atoms with Crippen LogP contribution in [0.25, 0.3) is 77.9 Å². The molecule has 0 aliphatic heterocycles. The maximum absolute atomic E-state index is 6.84. The van der Waals surface area contributed by atoms with Crippen molar-refractivity contribution in [2.24, 2.45) is 0 Å². The largest absolute Gasteiger partial charge is 0.456 e. The number of furan rings is 1. The summed E-state index contributed by atoms with van der Waals surface area (Å²) >= 11 is 0. The minimum Gasteiger partial charge on any atom is -0.456 e. The number of anilines is 3. The Balaban J connectivity index is 1.29. The van der Waals surface area contributed by atoms with Gasteiger partial charge in [-0.2, -0.15) is 0 Å². The summed E-state index contributed by atoms with van der Waals surface area (Å²) in [5, 5.41) is 1.97. The summed E-state index contributed by atoms with van der Waals surface area (Å²) in [6, 6.07) is 67.4. The van der Waals surface area contributed by atoms with Gasteiger partial charge in [-0.3, -0.25) is 0 Å². The second-order valence-corrected chi connectivity index (χ2v) is 13.1. The van der Waals surface area contributed by atoms with Crippen LogP contribution in [-0.4, -0.2) is 4.98 Å². The van der Waals surface area contributed by atoms with Crippen LogP contribution in [0.1, 0.15) is 0 Å². The lowest BCUT2D eigenvalue weighted by Crippen LogP contribution is -2.11. The Labute approximate surface area is 306 Å². The van der Waals surface area contributed by atoms with Gasteiger partial charge in [-0.15, -0.1) is 0 Å².